The molecule has 1 unspecified atom stereocenters. The van der Waals surface area contributed by atoms with Crippen molar-refractivity contribution in [2.45, 2.75) is 38.1 Å². The molecule has 0 fully saturated rings. The van der Waals surface area contributed by atoms with E-state index in [9.17, 15) is 18.3 Å². The number of hydrogen-bond acceptors (Lipinski definition) is 7. The molecule has 5 rings (SSSR count). The smallest absolute Gasteiger partial charge is 0.412 e. The van der Waals surface area contributed by atoms with E-state index >= 15 is 0 Å². The van der Waals surface area contributed by atoms with E-state index in [-0.39, 0.29) is 29.0 Å². The molecule has 1 atom stereocenters. The molecule has 7 N–H and O–H groups in total. The lowest BCUT2D eigenvalue weighted by molar-refractivity contribution is -0.145. The maximum absolute atomic E-state index is 13.3. The second-order valence-electron chi connectivity index (χ2n) is 7.99. The van der Waals surface area contributed by atoms with Gasteiger partial charge >= 0.3 is 6.18 Å². The molecule has 2 aromatic carbocycles. The third kappa shape index (κ3) is 5.32. The Kier molecular flexibility index (Phi) is 7.97. The third-order valence-electron chi connectivity index (χ3n) is 5.74. The van der Waals surface area contributed by atoms with Gasteiger partial charge in [0, 0.05) is 17.7 Å². The van der Waals surface area contributed by atoms with E-state index in [0.29, 0.717) is 30.7 Å². The minimum absolute atomic E-state index is 0. The summed E-state index contributed by atoms with van der Waals surface area (Å²) in [4.78, 5) is 7.37. The van der Waals surface area contributed by atoms with Crippen molar-refractivity contribution in [1.82, 2.24) is 30.6 Å². The zero-order chi connectivity index (χ0) is 23.7. The fraction of sp³-hybridized carbons (Fsp3) is 0.261. The van der Waals surface area contributed by atoms with Crippen molar-refractivity contribution in [3.63, 3.8) is 0 Å². The van der Waals surface area contributed by atoms with Crippen molar-refractivity contribution in [1.29, 1.82) is 0 Å². The molecule has 4 aromatic rings. The fourth-order valence-corrected chi connectivity index (χ4v) is 4.12. The van der Waals surface area contributed by atoms with Gasteiger partial charge in [0.15, 0.2) is 0 Å². The number of hydrogen-bond donors (Lipinski definition) is 3. The Morgan fingerprint density at radius 2 is 1.72 bits per heavy atom. The monoisotopic (exact) mass is 503 g/mol. The Balaban J connectivity index is 0.00000180. The number of nitrogens with one attached hydrogen (secondary N) is 2. The molecule has 2 aromatic heterocycles. The molecule has 0 bridgehead atoms. The number of rotatable bonds is 5. The van der Waals surface area contributed by atoms with E-state index in [0.717, 1.165) is 22.3 Å². The van der Waals surface area contributed by atoms with Crippen LogP contribution < -0.4 is 5.32 Å². The average molecular weight is 503 g/mol. The fourth-order valence-electron chi connectivity index (χ4n) is 4.12. The van der Waals surface area contributed by atoms with E-state index in [4.69, 9.17) is 0 Å². The van der Waals surface area contributed by atoms with Gasteiger partial charge in [-0.05, 0) is 41.2 Å². The Labute approximate surface area is 203 Å². The number of fused-ring (bicyclic) bond motifs is 1. The van der Waals surface area contributed by atoms with E-state index in [1.807, 2.05) is 48.5 Å². The van der Waals surface area contributed by atoms with Gasteiger partial charge < -0.3 is 21.4 Å². The van der Waals surface area contributed by atoms with Crippen LogP contribution in [0.3, 0.4) is 0 Å². The molecular formula is C23H24F3N7O3. The van der Waals surface area contributed by atoms with E-state index in [1.54, 1.807) is 0 Å². The summed E-state index contributed by atoms with van der Waals surface area (Å²) < 4.78 is 39.9. The van der Waals surface area contributed by atoms with Gasteiger partial charge in [0.1, 0.15) is 5.82 Å². The standard InChI is InChI=1S/C23H20F3N7O.2H2O/c24-23(25,26)22-28-17-6-3-7-18(34)19(17)21(29-22)27-12-13-8-10-14(11-9-13)15-4-1-2-5-16(15)20-30-32-33-31-20;;/h1-2,4-5,8-11,18,34H,3,6-7,12H2,(H,27,28,29)(H,30,31,32,33);2*1H2. The van der Waals surface area contributed by atoms with Crippen molar-refractivity contribution in [2.75, 3.05) is 5.32 Å². The summed E-state index contributed by atoms with van der Waals surface area (Å²) >= 11 is 0. The van der Waals surface area contributed by atoms with Crippen molar-refractivity contribution < 1.29 is 29.2 Å². The van der Waals surface area contributed by atoms with E-state index in [1.165, 1.54) is 0 Å². The molecule has 36 heavy (non-hydrogen) atoms. The molecule has 0 aliphatic heterocycles. The summed E-state index contributed by atoms with van der Waals surface area (Å²) in [7, 11) is 0. The summed E-state index contributed by atoms with van der Waals surface area (Å²) in [5, 5.41) is 27.5. The summed E-state index contributed by atoms with van der Waals surface area (Å²) in [5.41, 5.74) is 4.11. The van der Waals surface area contributed by atoms with Crippen LogP contribution in [0.15, 0.2) is 48.5 Å². The van der Waals surface area contributed by atoms with Crippen LogP contribution in [0.1, 0.15) is 41.6 Å². The van der Waals surface area contributed by atoms with Crippen LogP contribution >= 0.6 is 0 Å². The first-order valence-electron chi connectivity index (χ1n) is 10.7. The highest BCUT2D eigenvalue weighted by molar-refractivity contribution is 5.80. The molecular weight excluding hydrogens is 479 g/mol. The SMILES string of the molecule is O.O.OC1CCCc2nc(C(F)(F)F)nc(NCc3ccc(-c4ccccc4-c4nn[nH]n4)cc3)c21. The van der Waals surface area contributed by atoms with Crippen molar-refractivity contribution in [3.8, 4) is 22.5 Å². The maximum atomic E-state index is 13.3. The van der Waals surface area contributed by atoms with Crippen LogP contribution in [0.2, 0.25) is 0 Å². The molecule has 190 valence electrons. The Bertz CT molecular complexity index is 1300. The van der Waals surface area contributed by atoms with Crippen LogP contribution in [0.4, 0.5) is 19.0 Å². The Hall–Kier alpha value is -3.94. The lowest BCUT2D eigenvalue weighted by Gasteiger charge is -2.24. The molecule has 10 nitrogen and oxygen atoms in total. The number of aryl methyl sites for hydroxylation is 1. The van der Waals surface area contributed by atoms with Gasteiger partial charge in [-0.2, -0.15) is 18.4 Å². The van der Waals surface area contributed by atoms with Crippen LogP contribution in [-0.2, 0) is 19.1 Å². The second-order valence-corrected chi connectivity index (χ2v) is 7.99. The first-order valence-corrected chi connectivity index (χ1v) is 10.7. The highest BCUT2D eigenvalue weighted by atomic mass is 19.4. The number of halogens is 3. The van der Waals surface area contributed by atoms with Gasteiger partial charge in [0.25, 0.3) is 0 Å². The van der Waals surface area contributed by atoms with Gasteiger partial charge in [-0.25, -0.2) is 9.97 Å². The number of aliphatic hydroxyl groups excluding tert-OH is 1. The zero-order valence-corrected chi connectivity index (χ0v) is 18.8. The molecule has 1 aliphatic carbocycles. The molecule has 1 aliphatic rings. The van der Waals surface area contributed by atoms with Gasteiger partial charge in [-0.1, -0.05) is 48.5 Å². The van der Waals surface area contributed by atoms with Crippen LogP contribution in [-0.4, -0.2) is 46.7 Å². The molecule has 0 saturated carbocycles. The predicted octanol–water partition coefficient (Wildman–Crippen LogP) is 2.67. The molecule has 2 heterocycles. The molecule has 0 radical (unpaired) electrons. The minimum atomic E-state index is -4.67. The van der Waals surface area contributed by atoms with Crippen molar-refractivity contribution >= 4 is 5.82 Å². The quantitative estimate of drug-likeness (QED) is 0.375. The predicted molar refractivity (Wildman–Crippen MR) is 125 cm³/mol. The Morgan fingerprint density at radius 1 is 1.00 bits per heavy atom. The third-order valence-corrected chi connectivity index (χ3v) is 5.74. The number of aliphatic hydroxyl groups is 1. The number of aromatic nitrogens is 6. The number of aromatic amines is 1. The molecule has 0 spiro atoms. The normalized spacial score (nSPS) is 14.8. The summed E-state index contributed by atoms with van der Waals surface area (Å²) in [6.07, 6.45) is -4.14. The van der Waals surface area contributed by atoms with E-state index < -0.39 is 18.1 Å². The van der Waals surface area contributed by atoms with Gasteiger partial charge in [0.2, 0.25) is 11.6 Å². The number of tetrazole rings is 1. The number of benzene rings is 2. The number of alkyl halides is 3. The second kappa shape index (κ2) is 10.8. The van der Waals surface area contributed by atoms with Crippen molar-refractivity contribution in [2.24, 2.45) is 0 Å². The molecule has 0 amide bonds. The van der Waals surface area contributed by atoms with Crippen LogP contribution in [0, 0.1) is 0 Å². The number of H-pyrrole nitrogens is 1. The van der Waals surface area contributed by atoms with Crippen LogP contribution in [0.25, 0.3) is 22.5 Å². The lowest BCUT2D eigenvalue weighted by atomic mass is 9.93. The first-order chi connectivity index (χ1) is 16.4. The van der Waals surface area contributed by atoms with Gasteiger partial charge in [-0.15, -0.1) is 10.2 Å². The highest BCUT2D eigenvalue weighted by Gasteiger charge is 2.37. The van der Waals surface area contributed by atoms with Crippen molar-refractivity contribution in [3.05, 3.63) is 71.2 Å². The zero-order valence-electron chi connectivity index (χ0n) is 18.8. The van der Waals surface area contributed by atoms with Gasteiger partial charge in [0.05, 0.1) is 11.8 Å². The largest absolute Gasteiger partial charge is 0.451 e. The summed E-state index contributed by atoms with van der Waals surface area (Å²) in [5.74, 6) is -0.693. The van der Waals surface area contributed by atoms with Crippen LogP contribution in [0.5, 0.6) is 0 Å². The minimum Gasteiger partial charge on any atom is -0.412 e. The van der Waals surface area contributed by atoms with Gasteiger partial charge in [-0.3, -0.25) is 0 Å². The lowest BCUT2D eigenvalue weighted by Crippen LogP contribution is -2.21. The maximum Gasteiger partial charge on any atom is 0.451 e. The number of nitrogens with zero attached hydrogens (tertiary/aromatic N) is 5. The van der Waals surface area contributed by atoms with E-state index in [2.05, 4.69) is 35.9 Å². The average Bonchev–Trinajstić information content (AvgIpc) is 3.37. The summed E-state index contributed by atoms with van der Waals surface area (Å²) in [6, 6.07) is 15.2. The first kappa shape index (κ1) is 26.7. The Morgan fingerprint density at radius 3 is 2.39 bits per heavy atom. The highest BCUT2D eigenvalue weighted by Crippen LogP contribution is 2.37. The topological polar surface area (TPSA) is 176 Å². The molecule has 13 heteroatoms. The summed E-state index contributed by atoms with van der Waals surface area (Å²) in [6.45, 7) is 0.236. The molecule has 0 saturated heterocycles. The number of anilines is 1.